The predicted molar refractivity (Wildman–Crippen MR) is 50.8 cm³/mol. The van der Waals surface area contributed by atoms with Gasteiger partial charge in [-0.3, -0.25) is 0 Å². The average molecular weight is 182 g/mol. The minimum atomic E-state index is -0.502. The van der Waals surface area contributed by atoms with E-state index in [0.29, 0.717) is 6.42 Å². The first-order chi connectivity index (χ1) is 6.22. The van der Waals surface area contributed by atoms with Crippen molar-refractivity contribution in [2.45, 2.75) is 44.6 Å². The molecular formula is C10H18N2O. The minimum Gasteiger partial charge on any atom is -0.392 e. The lowest BCUT2D eigenvalue weighted by Crippen LogP contribution is -2.31. The third kappa shape index (κ3) is 2.68. The molecule has 1 atom stereocenters. The molecule has 0 bridgehead atoms. The fourth-order valence-electron chi connectivity index (χ4n) is 2.12. The Kier molecular flexibility index (Phi) is 3.71. The number of rotatable bonds is 3. The Hall–Kier alpha value is -0.590. The van der Waals surface area contributed by atoms with Gasteiger partial charge in [-0.1, -0.05) is 19.3 Å². The summed E-state index contributed by atoms with van der Waals surface area (Å²) in [6.45, 7) is 0.267. The smallest absolute Gasteiger partial charge is 0.0690 e. The summed E-state index contributed by atoms with van der Waals surface area (Å²) in [5.74, 6) is 0. The highest BCUT2D eigenvalue weighted by Crippen LogP contribution is 2.39. The lowest BCUT2D eigenvalue weighted by atomic mass is 9.72. The number of aliphatic hydroxyl groups excluding tert-OH is 1. The monoisotopic (exact) mass is 182 g/mol. The third-order valence-electron chi connectivity index (χ3n) is 2.95. The summed E-state index contributed by atoms with van der Waals surface area (Å²) in [6.07, 6.45) is 5.37. The maximum Gasteiger partial charge on any atom is 0.0690 e. The number of aliphatic hydroxyl groups is 1. The van der Waals surface area contributed by atoms with Crippen LogP contribution in [-0.2, 0) is 0 Å². The molecule has 0 amide bonds. The summed E-state index contributed by atoms with van der Waals surface area (Å²) < 4.78 is 0. The molecule has 0 radical (unpaired) electrons. The molecule has 0 saturated heterocycles. The van der Waals surface area contributed by atoms with Gasteiger partial charge in [-0.15, -0.1) is 0 Å². The van der Waals surface area contributed by atoms with Crippen molar-refractivity contribution in [3.05, 3.63) is 0 Å². The Bertz CT molecular complexity index is 192. The van der Waals surface area contributed by atoms with Crippen LogP contribution in [0, 0.1) is 16.7 Å². The quantitative estimate of drug-likeness (QED) is 0.688. The molecule has 13 heavy (non-hydrogen) atoms. The summed E-state index contributed by atoms with van der Waals surface area (Å²) in [5, 5.41) is 18.5. The molecule has 0 spiro atoms. The van der Waals surface area contributed by atoms with E-state index in [2.05, 4.69) is 6.07 Å². The van der Waals surface area contributed by atoms with Crippen molar-refractivity contribution in [1.82, 2.24) is 0 Å². The zero-order chi connectivity index (χ0) is 9.73. The average Bonchev–Trinajstić information content (AvgIpc) is 2.19. The largest absolute Gasteiger partial charge is 0.392 e. The van der Waals surface area contributed by atoms with Crippen LogP contribution in [0.3, 0.4) is 0 Å². The molecule has 0 aliphatic heterocycles. The van der Waals surface area contributed by atoms with Crippen molar-refractivity contribution in [3.63, 3.8) is 0 Å². The number of nitrogens with zero attached hydrogens (tertiary/aromatic N) is 1. The Morgan fingerprint density at radius 3 is 2.46 bits per heavy atom. The molecule has 1 rings (SSSR count). The first-order valence-corrected chi connectivity index (χ1v) is 5.02. The second kappa shape index (κ2) is 4.59. The molecule has 3 N–H and O–H groups in total. The van der Waals surface area contributed by atoms with Gasteiger partial charge in [-0.05, 0) is 19.3 Å². The van der Waals surface area contributed by atoms with Crippen LogP contribution in [0.5, 0.6) is 0 Å². The molecule has 3 heteroatoms. The molecule has 0 aromatic heterocycles. The maximum absolute atomic E-state index is 9.43. The maximum atomic E-state index is 9.43. The van der Waals surface area contributed by atoms with Crippen molar-refractivity contribution >= 4 is 0 Å². The molecule has 1 saturated carbocycles. The zero-order valence-corrected chi connectivity index (χ0v) is 8.00. The lowest BCUT2D eigenvalue weighted by molar-refractivity contribution is 0.108. The summed E-state index contributed by atoms with van der Waals surface area (Å²) in [5.41, 5.74) is 5.06. The van der Waals surface area contributed by atoms with E-state index >= 15 is 0 Å². The molecule has 1 aliphatic rings. The van der Waals surface area contributed by atoms with Gasteiger partial charge in [0, 0.05) is 6.54 Å². The minimum absolute atomic E-state index is 0.267. The van der Waals surface area contributed by atoms with E-state index in [1.165, 1.54) is 6.42 Å². The second-order valence-electron chi connectivity index (χ2n) is 4.05. The molecule has 1 aliphatic carbocycles. The highest BCUT2D eigenvalue weighted by atomic mass is 16.3. The van der Waals surface area contributed by atoms with Gasteiger partial charge < -0.3 is 10.8 Å². The van der Waals surface area contributed by atoms with E-state index in [1.54, 1.807) is 0 Å². The molecule has 3 nitrogen and oxygen atoms in total. The van der Waals surface area contributed by atoms with Crippen LogP contribution >= 0.6 is 0 Å². The normalized spacial score (nSPS) is 23.5. The first-order valence-electron chi connectivity index (χ1n) is 5.02. The van der Waals surface area contributed by atoms with E-state index in [1.807, 2.05) is 0 Å². The predicted octanol–water partition coefficient (Wildman–Crippen LogP) is 1.17. The number of hydrogen-bond donors (Lipinski definition) is 2. The van der Waals surface area contributed by atoms with Gasteiger partial charge in [0.1, 0.15) is 0 Å². The number of nitrogens with two attached hydrogens (primary N) is 1. The van der Waals surface area contributed by atoms with Gasteiger partial charge in [-0.2, -0.15) is 5.26 Å². The molecule has 74 valence electrons. The van der Waals surface area contributed by atoms with Crippen molar-refractivity contribution in [2.24, 2.45) is 11.1 Å². The van der Waals surface area contributed by atoms with Gasteiger partial charge >= 0.3 is 0 Å². The van der Waals surface area contributed by atoms with Crippen LogP contribution in [0.2, 0.25) is 0 Å². The van der Waals surface area contributed by atoms with Crippen LogP contribution in [0.1, 0.15) is 38.5 Å². The van der Waals surface area contributed by atoms with Gasteiger partial charge in [0.15, 0.2) is 0 Å². The van der Waals surface area contributed by atoms with Crippen LogP contribution in [-0.4, -0.2) is 17.8 Å². The Labute approximate surface area is 79.5 Å². The SMILES string of the molecule is N#CC1(CC(O)CN)CCCCC1. The zero-order valence-electron chi connectivity index (χ0n) is 8.00. The number of hydrogen-bond acceptors (Lipinski definition) is 3. The van der Waals surface area contributed by atoms with Crippen LogP contribution in [0.4, 0.5) is 0 Å². The first kappa shape index (κ1) is 10.5. The summed E-state index contributed by atoms with van der Waals surface area (Å²) in [7, 11) is 0. The van der Waals surface area contributed by atoms with Gasteiger partial charge in [0.05, 0.1) is 17.6 Å². The van der Waals surface area contributed by atoms with Gasteiger partial charge in [0.25, 0.3) is 0 Å². The Morgan fingerprint density at radius 2 is 2.00 bits per heavy atom. The van der Waals surface area contributed by atoms with E-state index in [-0.39, 0.29) is 12.0 Å². The molecule has 0 aromatic carbocycles. The summed E-state index contributed by atoms with van der Waals surface area (Å²) in [6, 6.07) is 2.37. The van der Waals surface area contributed by atoms with E-state index < -0.39 is 6.10 Å². The second-order valence-corrected chi connectivity index (χ2v) is 4.05. The molecular weight excluding hydrogens is 164 g/mol. The highest BCUT2D eigenvalue weighted by molar-refractivity contribution is 5.01. The summed E-state index contributed by atoms with van der Waals surface area (Å²) in [4.78, 5) is 0. The van der Waals surface area contributed by atoms with Crippen molar-refractivity contribution < 1.29 is 5.11 Å². The van der Waals surface area contributed by atoms with Crippen molar-refractivity contribution in [1.29, 1.82) is 5.26 Å². The lowest BCUT2D eigenvalue weighted by Gasteiger charge is -2.32. The van der Waals surface area contributed by atoms with Crippen molar-refractivity contribution in [2.75, 3.05) is 6.54 Å². The van der Waals surface area contributed by atoms with Crippen LogP contribution < -0.4 is 5.73 Å². The van der Waals surface area contributed by atoms with Crippen LogP contribution in [0.25, 0.3) is 0 Å². The fourth-order valence-corrected chi connectivity index (χ4v) is 2.12. The van der Waals surface area contributed by atoms with E-state index in [0.717, 1.165) is 25.7 Å². The topological polar surface area (TPSA) is 70.0 Å². The van der Waals surface area contributed by atoms with Crippen LogP contribution in [0.15, 0.2) is 0 Å². The molecule has 1 unspecified atom stereocenters. The molecule has 0 aromatic rings. The van der Waals surface area contributed by atoms with E-state index in [4.69, 9.17) is 11.0 Å². The number of nitriles is 1. The Morgan fingerprint density at radius 1 is 1.38 bits per heavy atom. The standard InChI is InChI=1S/C10H18N2O/c11-7-9(13)6-10(8-12)4-2-1-3-5-10/h9,13H,1-7,11H2. The molecule has 1 fully saturated rings. The summed E-state index contributed by atoms with van der Waals surface area (Å²) >= 11 is 0. The van der Waals surface area contributed by atoms with Crippen molar-refractivity contribution in [3.8, 4) is 6.07 Å². The fraction of sp³-hybridized carbons (Fsp3) is 0.900. The Balaban J connectivity index is 2.53. The van der Waals surface area contributed by atoms with Gasteiger partial charge in [-0.25, -0.2) is 0 Å². The van der Waals surface area contributed by atoms with Gasteiger partial charge in [0.2, 0.25) is 0 Å². The highest BCUT2D eigenvalue weighted by Gasteiger charge is 2.33. The van der Waals surface area contributed by atoms with E-state index in [9.17, 15) is 5.11 Å². The molecule has 0 heterocycles. The third-order valence-corrected chi connectivity index (χ3v) is 2.95.